The standard InChI is InChI=1S/C30H35F3N2O5/c1-28(2,34)16-21(29(3,4)35)27(37)39-23-13-12-22(25(23)30(31,32)33)38-19-11-10-18-14-20(17-8-6-5-7-9-17)26(36)40-24(18)15-19/h5-11,14-15,21-23,25H,12-13,16,34-35H2,1-4H3. The van der Waals surface area contributed by atoms with Crippen molar-refractivity contribution in [2.75, 3.05) is 0 Å². The molecule has 0 spiro atoms. The fourth-order valence-electron chi connectivity index (χ4n) is 5.18. The van der Waals surface area contributed by atoms with Crippen LogP contribution in [-0.4, -0.2) is 35.4 Å². The highest BCUT2D eigenvalue weighted by Gasteiger charge is 2.56. The van der Waals surface area contributed by atoms with E-state index >= 15 is 0 Å². The van der Waals surface area contributed by atoms with Crippen molar-refractivity contribution in [1.29, 1.82) is 0 Å². The van der Waals surface area contributed by atoms with Gasteiger partial charge in [-0.15, -0.1) is 0 Å². The summed E-state index contributed by atoms with van der Waals surface area (Å²) in [4.78, 5) is 25.7. The lowest BCUT2D eigenvalue weighted by molar-refractivity contribution is -0.217. The zero-order valence-electron chi connectivity index (χ0n) is 23.0. The lowest BCUT2D eigenvalue weighted by Crippen LogP contribution is -2.51. The minimum atomic E-state index is -4.69. The van der Waals surface area contributed by atoms with Gasteiger partial charge in [-0.3, -0.25) is 4.79 Å². The lowest BCUT2D eigenvalue weighted by Gasteiger charge is -2.35. The average molecular weight is 561 g/mol. The monoisotopic (exact) mass is 560 g/mol. The number of hydrogen-bond acceptors (Lipinski definition) is 7. The van der Waals surface area contributed by atoms with Gasteiger partial charge < -0.3 is 25.4 Å². The summed E-state index contributed by atoms with van der Waals surface area (Å²) >= 11 is 0. The Morgan fingerprint density at radius 2 is 1.65 bits per heavy atom. The third-order valence-electron chi connectivity index (χ3n) is 7.17. The number of carbonyl (C=O) groups excluding carboxylic acids is 1. The van der Waals surface area contributed by atoms with Crippen LogP contribution < -0.4 is 21.8 Å². The van der Waals surface area contributed by atoms with Crippen molar-refractivity contribution in [3.63, 3.8) is 0 Å². The maximum absolute atomic E-state index is 14.3. The Labute approximate surface area is 230 Å². The highest BCUT2D eigenvalue weighted by atomic mass is 19.4. The lowest BCUT2D eigenvalue weighted by atomic mass is 9.79. The van der Waals surface area contributed by atoms with E-state index in [1.54, 1.807) is 64.1 Å². The fraction of sp³-hybridized carbons (Fsp3) is 0.467. The van der Waals surface area contributed by atoms with Gasteiger partial charge in [-0.2, -0.15) is 13.2 Å². The summed E-state index contributed by atoms with van der Waals surface area (Å²) in [6, 6.07) is 15.2. The fourth-order valence-corrected chi connectivity index (χ4v) is 5.18. The van der Waals surface area contributed by atoms with E-state index in [1.165, 1.54) is 12.1 Å². The molecule has 216 valence electrons. The van der Waals surface area contributed by atoms with Gasteiger partial charge in [-0.25, -0.2) is 4.79 Å². The summed E-state index contributed by atoms with van der Waals surface area (Å²) in [6.45, 7) is 6.66. The second kappa shape index (κ2) is 10.9. The van der Waals surface area contributed by atoms with Gasteiger partial charge in [-0.05, 0) is 70.7 Å². The first-order valence-corrected chi connectivity index (χ1v) is 13.2. The number of ether oxygens (including phenoxy) is 2. The van der Waals surface area contributed by atoms with E-state index in [1.807, 2.05) is 6.07 Å². The summed E-state index contributed by atoms with van der Waals surface area (Å²) < 4.78 is 59.5. The third kappa shape index (κ3) is 6.85. The van der Waals surface area contributed by atoms with Crippen LogP contribution in [0.3, 0.4) is 0 Å². The SMILES string of the molecule is CC(C)(N)CC(C(=O)OC1CCC(Oc2ccc3cc(-c4ccccc4)c(=O)oc3c2)C1C(F)(F)F)C(C)(C)N. The molecule has 1 aliphatic carbocycles. The Bertz CT molecular complexity index is 1410. The molecular formula is C30H35F3N2O5. The van der Waals surface area contributed by atoms with Crippen molar-refractivity contribution in [2.24, 2.45) is 23.3 Å². The van der Waals surface area contributed by atoms with Crippen molar-refractivity contribution in [2.45, 2.75) is 76.4 Å². The van der Waals surface area contributed by atoms with Crippen LogP contribution >= 0.6 is 0 Å². The maximum atomic E-state index is 14.3. The first kappa shape index (κ1) is 29.6. The molecule has 2 aromatic carbocycles. The van der Waals surface area contributed by atoms with Gasteiger partial charge in [0.05, 0.1) is 11.5 Å². The molecule has 4 atom stereocenters. The Kier molecular flexibility index (Phi) is 8.06. The van der Waals surface area contributed by atoms with Crippen molar-refractivity contribution in [1.82, 2.24) is 0 Å². The molecule has 10 heteroatoms. The smallest absolute Gasteiger partial charge is 0.398 e. The van der Waals surface area contributed by atoms with E-state index in [-0.39, 0.29) is 30.6 Å². The summed E-state index contributed by atoms with van der Waals surface area (Å²) in [6.07, 6.45) is -7.31. The largest absolute Gasteiger partial charge is 0.489 e. The number of esters is 1. The normalized spacial score (nSPS) is 20.9. The summed E-state index contributed by atoms with van der Waals surface area (Å²) in [5, 5.41) is 0.592. The van der Waals surface area contributed by atoms with Gasteiger partial charge in [0.25, 0.3) is 0 Å². The van der Waals surface area contributed by atoms with Crippen LogP contribution in [0.2, 0.25) is 0 Å². The van der Waals surface area contributed by atoms with Gasteiger partial charge >= 0.3 is 17.8 Å². The molecule has 1 aliphatic rings. The molecule has 1 aromatic heterocycles. The predicted octanol–water partition coefficient (Wildman–Crippen LogP) is 5.57. The van der Waals surface area contributed by atoms with Crippen molar-refractivity contribution < 1.29 is 31.9 Å². The molecule has 7 nitrogen and oxygen atoms in total. The third-order valence-corrected chi connectivity index (χ3v) is 7.17. The van der Waals surface area contributed by atoms with E-state index in [4.69, 9.17) is 25.4 Å². The highest BCUT2D eigenvalue weighted by Crippen LogP contribution is 2.43. The van der Waals surface area contributed by atoms with Gasteiger partial charge in [0.15, 0.2) is 0 Å². The van der Waals surface area contributed by atoms with E-state index < -0.39 is 52.9 Å². The van der Waals surface area contributed by atoms with Crippen molar-refractivity contribution >= 4 is 16.9 Å². The molecule has 0 saturated heterocycles. The molecule has 4 N–H and O–H groups in total. The van der Waals surface area contributed by atoms with Gasteiger partial charge in [0, 0.05) is 22.5 Å². The summed E-state index contributed by atoms with van der Waals surface area (Å²) in [5.74, 6) is -3.65. The first-order chi connectivity index (χ1) is 18.5. The minimum Gasteiger partial charge on any atom is -0.489 e. The molecule has 3 aromatic rings. The van der Waals surface area contributed by atoms with Crippen LogP contribution in [0.25, 0.3) is 22.1 Å². The summed E-state index contributed by atoms with van der Waals surface area (Å²) in [5.41, 5.74) is 11.1. The quantitative estimate of drug-likeness (QED) is 0.273. The number of carbonyl (C=O) groups is 1. The van der Waals surface area contributed by atoms with Crippen LogP contribution in [-0.2, 0) is 9.53 Å². The van der Waals surface area contributed by atoms with Crippen LogP contribution in [0, 0.1) is 11.8 Å². The Morgan fingerprint density at radius 1 is 1.00 bits per heavy atom. The molecule has 4 rings (SSSR count). The molecule has 1 fully saturated rings. The average Bonchev–Trinajstić information content (AvgIpc) is 3.23. The molecule has 1 heterocycles. The molecule has 0 amide bonds. The Balaban J connectivity index is 1.55. The van der Waals surface area contributed by atoms with Crippen LogP contribution in [0.5, 0.6) is 5.75 Å². The molecule has 0 radical (unpaired) electrons. The highest BCUT2D eigenvalue weighted by molar-refractivity contribution is 5.82. The number of nitrogens with two attached hydrogens (primary N) is 2. The second-order valence-corrected chi connectivity index (χ2v) is 11.9. The van der Waals surface area contributed by atoms with Crippen LogP contribution in [0.15, 0.2) is 63.8 Å². The number of benzene rings is 2. The predicted molar refractivity (Wildman–Crippen MR) is 146 cm³/mol. The van der Waals surface area contributed by atoms with Crippen molar-refractivity contribution in [3.8, 4) is 16.9 Å². The number of halogens is 3. The zero-order valence-corrected chi connectivity index (χ0v) is 23.0. The van der Waals surface area contributed by atoms with Gasteiger partial charge in [0.2, 0.25) is 0 Å². The number of hydrogen-bond donors (Lipinski definition) is 2. The van der Waals surface area contributed by atoms with Crippen LogP contribution in [0.4, 0.5) is 13.2 Å². The number of rotatable bonds is 8. The molecule has 40 heavy (non-hydrogen) atoms. The number of alkyl halides is 3. The molecule has 0 bridgehead atoms. The van der Waals surface area contributed by atoms with Crippen molar-refractivity contribution in [3.05, 3.63) is 65.0 Å². The number of fused-ring (bicyclic) bond motifs is 1. The van der Waals surface area contributed by atoms with Gasteiger partial charge in [-0.1, -0.05) is 30.3 Å². The minimum absolute atomic E-state index is 0.0100. The first-order valence-electron chi connectivity index (χ1n) is 13.2. The summed E-state index contributed by atoms with van der Waals surface area (Å²) in [7, 11) is 0. The van der Waals surface area contributed by atoms with Gasteiger partial charge in [0.1, 0.15) is 29.5 Å². The molecular weight excluding hydrogens is 525 g/mol. The van der Waals surface area contributed by atoms with E-state index in [9.17, 15) is 22.8 Å². The van der Waals surface area contributed by atoms with E-state index in [0.717, 1.165) is 0 Å². The maximum Gasteiger partial charge on any atom is 0.398 e. The second-order valence-electron chi connectivity index (χ2n) is 11.9. The van der Waals surface area contributed by atoms with E-state index in [0.29, 0.717) is 16.5 Å². The molecule has 4 unspecified atom stereocenters. The Hall–Kier alpha value is -3.37. The Morgan fingerprint density at radius 3 is 2.25 bits per heavy atom. The van der Waals surface area contributed by atoms with Crippen LogP contribution in [0.1, 0.15) is 47.0 Å². The topological polar surface area (TPSA) is 118 Å². The molecule has 1 saturated carbocycles. The molecule has 0 aliphatic heterocycles. The van der Waals surface area contributed by atoms with E-state index in [2.05, 4.69) is 0 Å². The zero-order chi connectivity index (χ0) is 29.5.